The highest BCUT2D eigenvalue weighted by Crippen LogP contribution is 2.31. The fraction of sp³-hybridized carbons (Fsp3) is 0.214. The molecule has 0 saturated heterocycles. The van der Waals surface area contributed by atoms with Gasteiger partial charge in [-0.25, -0.2) is 9.78 Å². The Kier molecular flexibility index (Phi) is 7.45. The number of para-hydroxylation sites is 1. The Morgan fingerprint density at radius 1 is 1.14 bits per heavy atom. The fourth-order valence-electron chi connectivity index (χ4n) is 3.76. The summed E-state index contributed by atoms with van der Waals surface area (Å²) in [5.41, 5.74) is 1.29. The van der Waals surface area contributed by atoms with Gasteiger partial charge in [0.2, 0.25) is 0 Å². The van der Waals surface area contributed by atoms with Crippen molar-refractivity contribution < 1.29 is 19.4 Å². The summed E-state index contributed by atoms with van der Waals surface area (Å²) >= 11 is 3.42. The van der Waals surface area contributed by atoms with Gasteiger partial charge in [-0.15, -0.1) is 0 Å². The van der Waals surface area contributed by atoms with Gasteiger partial charge >= 0.3 is 5.97 Å². The minimum Gasteiger partial charge on any atom is -0.493 e. The van der Waals surface area contributed by atoms with E-state index in [1.165, 1.54) is 24.1 Å². The zero-order valence-electron chi connectivity index (χ0n) is 20.9. The molecular weight excluding hydrogens is 538 g/mol. The van der Waals surface area contributed by atoms with Crippen LogP contribution in [0, 0.1) is 0 Å². The van der Waals surface area contributed by atoms with Gasteiger partial charge < -0.3 is 14.6 Å². The predicted molar refractivity (Wildman–Crippen MR) is 146 cm³/mol. The number of aromatic nitrogens is 2. The summed E-state index contributed by atoms with van der Waals surface area (Å²) in [4.78, 5) is 29.5. The van der Waals surface area contributed by atoms with Gasteiger partial charge in [-0.05, 0) is 48.0 Å². The second-order valence-electron chi connectivity index (χ2n) is 9.38. The molecule has 0 radical (unpaired) electrons. The molecule has 0 bridgehead atoms. The van der Waals surface area contributed by atoms with Crippen LogP contribution in [0.4, 0.5) is 0 Å². The first-order valence-corrected chi connectivity index (χ1v) is 12.3. The summed E-state index contributed by atoms with van der Waals surface area (Å²) in [6.45, 7) is 6.02. The van der Waals surface area contributed by atoms with Gasteiger partial charge in [-0.1, -0.05) is 54.9 Å². The lowest BCUT2D eigenvalue weighted by Crippen LogP contribution is -2.29. The van der Waals surface area contributed by atoms with Crippen LogP contribution in [0.5, 0.6) is 11.5 Å². The third-order valence-corrected chi connectivity index (χ3v) is 6.07. The van der Waals surface area contributed by atoms with Crippen LogP contribution in [0.3, 0.4) is 0 Å². The number of carbonyl (C=O) groups is 1. The molecule has 0 aliphatic heterocycles. The van der Waals surface area contributed by atoms with E-state index in [0.29, 0.717) is 39.4 Å². The molecule has 0 unspecified atom stereocenters. The normalized spacial score (nSPS) is 11.7. The Bertz CT molecular complexity index is 1570. The molecule has 0 saturated carbocycles. The standard InChI is InChI=1S/C28H26BrN3O5/c1-28(2,3)27-31-22-12-11-20(29)14-21(22)25(33)32(27)30-15-19-9-6-10-23(36-4)24(19)37-16-17-7-5-8-18(13-17)26(34)35/h5-15H,16H2,1-4H3,(H,34,35). The Morgan fingerprint density at radius 3 is 2.59 bits per heavy atom. The molecule has 1 aromatic heterocycles. The summed E-state index contributed by atoms with van der Waals surface area (Å²) in [7, 11) is 1.53. The minimum atomic E-state index is -1.01. The molecule has 37 heavy (non-hydrogen) atoms. The monoisotopic (exact) mass is 563 g/mol. The van der Waals surface area contributed by atoms with E-state index in [1.54, 1.807) is 48.5 Å². The van der Waals surface area contributed by atoms with Gasteiger partial charge in [0.25, 0.3) is 5.56 Å². The number of ether oxygens (including phenoxy) is 2. The number of aromatic carboxylic acids is 1. The van der Waals surface area contributed by atoms with Gasteiger partial charge in [0.05, 0.1) is 29.8 Å². The van der Waals surface area contributed by atoms with Crippen LogP contribution in [0.25, 0.3) is 10.9 Å². The smallest absolute Gasteiger partial charge is 0.335 e. The van der Waals surface area contributed by atoms with Crippen LogP contribution < -0.4 is 15.0 Å². The number of rotatable bonds is 7. The molecule has 190 valence electrons. The first-order chi connectivity index (χ1) is 17.6. The van der Waals surface area contributed by atoms with Crippen LogP contribution >= 0.6 is 15.9 Å². The minimum absolute atomic E-state index is 0.112. The van der Waals surface area contributed by atoms with Crippen molar-refractivity contribution >= 4 is 39.0 Å². The predicted octanol–water partition coefficient (Wildman–Crippen LogP) is 5.62. The maximum Gasteiger partial charge on any atom is 0.335 e. The number of methoxy groups -OCH3 is 1. The maximum absolute atomic E-state index is 13.5. The Balaban J connectivity index is 1.77. The number of benzene rings is 3. The molecular formula is C28H26BrN3O5. The van der Waals surface area contributed by atoms with Crippen molar-refractivity contribution in [2.45, 2.75) is 32.8 Å². The quantitative estimate of drug-likeness (QED) is 0.292. The molecule has 1 N–H and O–H groups in total. The van der Waals surface area contributed by atoms with E-state index in [9.17, 15) is 14.7 Å². The molecule has 0 spiro atoms. The molecule has 0 aliphatic carbocycles. The van der Waals surface area contributed by atoms with E-state index < -0.39 is 11.4 Å². The molecule has 9 heteroatoms. The molecule has 4 rings (SSSR count). The lowest BCUT2D eigenvalue weighted by Gasteiger charge is -2.21. The zero-order valence-corrected chi connectivity index (χ0v) is 22.4. The lowest BCUT2D eigenvalue weighted by atomic mass is 9.95. The van der Waals surface area contributed by atoms with E-state index in [2.05, 4.69) is 21.0 Å². The number of nitrogens with zero attached hydrogens (tertiary/aromatic N) is 3. The zero-order chi connectivity index (χ0) is 26.7. The largest absolute Gasteiger partial charge is 0.493 e. The van der Waals surface area contributed by atoms with Crippen molar-refractivity contribution in [3.8, 4) is 11.5 Å². The number of hydrogen-bond acceptors (Lipinski definition) is 6. The summed E-state index contributed by atoms with van der Waals surface area (Å²) < 4.78 is 13.6. The van der Waals surface area contributed by atoms with Crippen molar-refractivity contribution in [1.82, 2.24) is 9.66 Å². The average Bonchev–Trinajstić information content (AvgIpc) is 2.86. The first kappa shape index (κ1) is 26.1. The van der Waals surface area contributed by atoms with Crippen LogP contribution in [-0.4, -0.2) is 34.1 Å². The highest BCUT2D eigenvalue weighted by molar-refractivity contribution is 9.10. The lowest BCUT2D eigenvalue weighted by molar-refractivity contribution is 0.0696. The SMILES string of the molecule is COc1cccc(C=Nn2c(C(C)(C)C)nc3ccc(Br)cc3c2=O)c1OCc1cccc(C(=O)O)c1. The molecule has 8 nitrogen and oxygen atoms in total. The maximum atomic E-state index is 13.5. The summed E-state index contributed by atoms with van der Waals surface area (Å²) in [6.07, 6.45) is 1.54. The van der Waals surface area contributed by atoms with Crippen molar-refractivity contribution in [1.29, 1.82) is 0 Å². The molecule has 0 fully saturated rings. The van der Waals surface area contributed by atoms with E-state index in [-0.39, 0.29) is 17.7 Å². The van der Waals surface area contributed by atoms with Gasteiger partial charge in [0.15, 0.2) is 11.5 Å². The highest BCUT2D eigenvalue weighted by Gasteiger charge is 2.23. The number of carboxylic acid groups (broad SMARTS) is 1. The summed E-state index contributed by atoms with van der Waals surface area (Å²) in [5, 5.41) is 14.3. The number of fused-ring (bicyclic) bond motifs is 1. The molecule has 0 aliphatic rings. The Morgan fingerprint density at radius 2 is 1.89 bits per heavy atom. The number of halogens is 1. The van der Waals surface area contributed by atoms with E-state index in [0.717, 1.165) is 4.47 Å². The van der Waals surface area contributed by atoms with Gasteiger partial charge in [-0.3, -0.25) is 4.79 Å². The van der Waals surface area contributed by atoms with Gasteiger partial charge in [0, 0.05) is 15.5 Å². The van der Waals surface area contributed by atoms with Crippen molar-refractivity contribution in [3.05, 3.63) is 98.0 Å². The highest BCUT2D eigenvalue weighted by atomic mass is 79.9. The third kappa shape index (κ3) is 5.72. The van der Waals surface area contributed by atoms with Crippen LogP contribution in [0.15, 0.2) is 75.0 Å². The second kappa shape index (κ2) is 10.6. The first-order valence-electron chi connectivity index (χ1n) is 11.5. The number of carboxylic acids is 1. The molecule has 3 aromatic carbocycles. The Hall–Kier alpha value is -3.98. The summed E-state index contributed by atoms with van der Waals surface area (Å²) in [5.74, 6) is 0.390. The molecule has 4 aromatic rings. The van der Waals surface area contributed by atoms with E-state index in [1.807, 2.05) is 26.8 Å². The number of hydrogen-bond donors (Lipinski definition) is 1. The van der Waals surface area contributed by atoms with Gasteiger partial charge in [-0.2, -0.15) is 9.78 Å². The average molecular weight is 564 g/mol. The Labute approximate surface area is 222 Å². The van der Waals surface area contributed by atoms with Crippen molar-refractivity contribution in [2.24, 2.45) is 5.10 Å². The van der Waals surface area contributed by atoms with Crippen LogP contribution in [0.2, 0.25) is 0 Å². The van der Waals surface area contributed by atoms with Crippen molar-refractivity contribution in [2.75, 3.05) is 7.11 Å². The molecule has 0 atom stereocenters. The summed E-state index contributed by atoms with van der Waals surface area (Å²) in [6, 6.07) is 17.2. The van der Waals surface area contributed by atoms with Crippen LogP contribution in [0.1, 0.15) is 48.1 Å². The van der Waals surface area contributed by atoms with Gasteiger partial charge in [0.1, 0.15) is 12.4 Å². The topological polar surface area (TPSA) is 103 Å². The molecule has 0 amide bonds. The van der Waals surface area contributed by atoms with E-state index in [4.69, 9.17) is 14.5 Å². The van der Waals surface area contributed by atoms with Crippen molar-refractivity contribution in [3.63, 3.8) is 0 Å². The second-order valence-corrected chi connectivity index (χ2v) is 10.3. The van der Waals surface area contributed by atoms with E-state index >= 15 is 0 Å². The third-order valence-electron chi connectivity index (χ3n) is 5.58. The van der Waals surface area contributed by atoms with Crippen LogP contribution in [-0.2, 0) is 12.0 Å². The fourth-order valence-corrected chi connectivity index (χ4v) is 4.12. The molecule has 1 heterocycles.